The van der Waals surface area contributed by atoms with Crippen LogP contribution in [0.15, 0.2) is 64.4 Å². The van der Waals surface area contributed by atoms with Crippen LogP contribution < -0.4 is 5.73 Å². The Bertz CT molecular complexity index is 863. The van der Waals surface area contributed by atoms with Crippen molar-refractivity contribution >= 4 is 45.2 Å². The zero-order valence-electron chi connectivity index (χ0n) is 12.4. The highest BCUT2D eigenvalue weighted by Gasteiger charge is 2.15. The van der Waals surface area contributed by atoms with Crippen molar-refractivity contribution in [2.45, 2.75) is 5.16 Å². The van der Waals surface area contributed by atoms with E-state index < -0.39 is 0 Å². The molecule has 2 N–H and O–H groups in total. The van der Waals surface area contributed by atoms with Crippen LogP contribution in [0, 0.1) is 0 Å². The van der Waals surface area contributed by atoms with Crippen LogP contribution in [-0.2, 0) is 4.79 Å². The van der Waals surface area contributed by atoms with Gasteiger partial charge in [0.25, 0.3) is 0 Å². The largest absolute Gasteiger partial charge is 0.369 e. The number of primary amides is 1. The van der Waals surface area contributed by atoms with Gasteiger partial charge in [-0.25, -0.2) is 4.98 Å². The van der Waals surface area contributed by atoms with Crippen molar-refractivity contribution in [2.24, 2.45) is 5.73 Å². The van der Waals surface area contributed by atoms with Crippen LogP contribution in [0.5, 0.6) is 0 Å². The van der Waals surface area contributed by atoms with Crippen molar-refractivity contribution < 1.29 is 4.79 Å². The van der Waals surface area contributed by atoms with Gasteiger partial charge in [0.05, 0.1) is 17.6 Å². The molecule has 24 heavy (non-hydrogen) atoms. The van der Waals surface area contributed by atoms with Gasteiger partial charge < -0.3 is 5.73 Å². The molecule has 0 saturated carbocycles. The molecule has 0 atom stereocenters. The van der Waals surface area contributed by atoms with Crippen molar-refractivity contribution in [3.63, 3.8) is 0 Å². The van der Waals surface area contributed by atoms with Crippen LogP contribution in [0.25, 0.3) is 16.9 Å². The molecule has 1 amide bonds. The van der Waals surface area contributed by atoms with Crippen LogP contribution >= 0.6 is 39.3 Å². The maximum Gasteiger partial charge on any atom is 0.227 e. The molecule has 0 unspecified atom stereocenters. The predicted octanol–water partition coefficient (Wildman–Crippen LogP) is 4.53. The van der Waals surface area contributed by atoms with E-state index in [0.717, 1.165) is 21.4 Å². The number of halogens is 2. The van der Waals surface area contributed by atoms with E-state index in [-0.39, 0.29) is 11.7 Å². The Morgan fingerprint density at radius 1 is 1.17 bits per heavy atom. The highest BCUT2D eigenvalue weighted by Crippen LogP contribution is 2.30. The number of thioether (sulfide) groups is 1. The molecule has 1 heterocycles. The first-order valence-corrected chi connectivity index (χ1v) is 9.21. The zero-order valence-corrected chi connectivity index (χ0v) is 15.6. The predicted molar refractivity (Wildman–Crippen MR) is 102 cm³/mol. The van der Waals surface area contributed by atoms with Crippen molar-refractivity contribution in [3.8, 4) is 16.9 Å². The maximum atomic E-state index is 11.1. The van der Waals surface area contributed by atoms with Gasteiger partial charge in [-0.1, -0.05) is 51.4 Å². The Labute approximate surface area is 157 Å². The Balaban J connectivity index is 2.09. The van der Waals surface area contributed by atoms with Gasteiger partial charge >= 0.3 is 0 Å². The number of benzene rings is 2. The van der Waals surface area contributed by atoms with E-state index in [0.29, 0.717) is 10.2 Å². The van der Waals surface area contributed by atoms with Gasteiger partial charge in [0.15, 0.2) is 5.16 Å². The van der Waals surface area contributed by atoms with E-state index in [9.17, 15) is 4.79 Å². The van der Waals surface area contributed by atoms with Gasteiger partial charge in [-0.05, 0) is 36.4 Å². The monoisotopic (exact) mass is 421 g/mol. The van der Waals surface area contributed by atoms with E-state index in [1.807, 2.05) is 53.1 Å². The van der Waals surface area contributed by atoms with Gasteiger partial charge in [0, 0.05) is 20.7 Å². The molecule has 122 valence electrons. The van der Waals surface area contributed by atoms with Gasteiger partial charge in [-0.3, -0.25) is 9.36 Å². The SMILES string of the molecule is NC(=O)CSc1ncc(-c2ccc(Br)cc2)n1-c1ccc(Cl)cc1. The minimum Gasteiger partial charge on any atom is -0.369 e. The molecule has 0 aliphatic rings. The second-order valence-electron chi connectivity index (χ2n) is 5.00. The number of carbonyl (C=O) groups excluding carboxylic acids is 1. The average Bonchev–Trinajstić information content (AvgIpc) is 2.98. The molecule has 1 aromatic heterocycles. The maximum absolute atomic E-state index is 11.1. The normalized spacial score (nSPS) is 10.8. The van der Waals surface area contributed by atoms with E-state index in [2.05, 4.69) is 20.9 Å². The minimum atomic E-state index is -0.379. The Kier molecular flexibility index (Phi) is 5.28. The molecule has 7 heteroatoms. The lowest BCUT2D eigenvalue weighted by atomic mass is 10.1. The van der Waals surface area contributed by atoms with E-state index in [1.165, 1.54) is 11.8 Å². The summed E-state index contributed by atoms with van der Waals surface area (Å²) < 4.78 is 3.00. The molecule has 3 aromatic rings. The van der Waals surface area contributed by atoms with Crippen LogP contribution in [-0.4, -0.2) is 21.2 Å². The van der Waals surface area contributed by atoms with E-state index >= 15 is 0 Å². The molecule has 2 aromatic carbocycles. The number of hydrogen-bond donors (Lipinski definition) is 1. The number of rotatable bonds is 5. The summed E-state index contributed by atoms with van der Waals surface area (Å²) in [6, 6.07) is 15.5. The van der Waals surface area contributed by atoms with Crippen LogP contribution in [0.3, 0.4) is 0 Å². The minimum absolute atomic E-state index is 0.171. The fraction of sp³-hybridized carbons (Fsp3) is 0.0588. The van der Waals surface area contributed by atoms with Crippen molar-refractivity contribution in [1.82, 2.24) is 9.55 Å². The van der Waals surface area contributed by atoms with Crippen LogP contribution in [0.4, 0.5) is 0 Å². The molecule has 0 saturated heterocycles. The van der Waals surface area contributed by atoms with Crippen molar-refractivity contribution in [3.05, 3.63) is 64.2 Å². The number of hydrogen-bond acceptors (Lipinski definition) is 3. The summed E-state index contributed by atoms with van der Waals surface area (Å²) in [6.45, 7) is 0. The summed E-state index contributed by atoms with van der Waals surface area (Å²) >= 11 is 10.7. The molecule has 0 radical (unpaired) electrons. The Hall–Kier alpha value is -1.76. The summed E-state index contributed by atoms with van der Waals surface area (Å²) in [5, 5.41) is 1.37. The number of aromatic nitrogens is 2. The molecular formula is C17H13BrClN3OS. The fourth-order valence-corrected chi connectivity index (χ4v) is 3.36. The third-order valence-electron chi connectivity index (χ3n) is 3.30. The zero-order chi connectivity index (χ0) is 17.1. The summed E-state index contributed by atoms with van der Waals surface area (Å²) in [6.07, 6.45) is 1.79. The third-order valence-corrected chi connectivity index (χ3v) is 5.05. The molecular weight excluding hydrogens is 410 g/mol. The first-order valence-electron chi connectivity index (χ1n) is 7.05. The molecule has 0 spiro atoms. The number of nitrogens with two attached hydrogens (primary N) is 1. The number of amides is 1. The number of nitrogens with zero attached hydrogens (tertiary/aromatic N) is 2. The molecule has 0 bridgehead atoms. The second-order valence-corrected chi connectivity index (χ2v) is 7.29. The highest BCUT2D eigenvalue weighted by molar-refractivity contribution is 9.10. The molecule has 0 aliphatic heterocycles. The Morgan fingerprint density at radius 2 is 1.83 bits per heavy atom. The third kappa shape index (κ3) is 3.83. The summed E-state index contributed by atoms with van der Waals surface area (Å²) in [5.41, 5.74) is 8.13. The fourth-order valence-electron chi connectivity index (χ4n) is 2.24. The molecule has 4 nitrogen and oxygen atoms in total. The number of imidazole rings is 1. The standard InChI is InChI=1S/C17H13BrClN3OS/c18-12-3-1-11(2-4-12)15-9-21-17(24-10-16(20)23)22(15)14-7-5-13(19)6-8-14/h1-9H,10H2,(H2,20,23). The quantitative estimate of drug-likeness (QED) is 0.614. The van der Waals surface area contributed by atoms with Crippen LogP contribution in [0.2, 0.25) is 5.02 Å². The van der Waals surface area contributed by atoms with Gasteiger partial charge in [0.1, 0.15) is 0 Å². The molecule has 0 fully saturated rings. The van der Waals surface area contributed by atoms with Gasteiger partial charge in [0.2, 0.25) is 5.91 Å². The summed E-state index contributed by atoms with van der Waals surface area (Å²) in [5.74, 6) is -0.208. The first-order chi connectivity index (χ1) is 11.5. The molecule has 3 rings (SSSR count). The highest BCUT2D eigenvalue weighted by atomic mass is 79.9. The van der Waals surface area contributed by atoms with Crippen LogP contribution in [0.1, 0.15) is 0 Å². The smallest absolute Gasteiger partial charge is 0.227 e. The molecule has 0 aliphatic carbocycles. The Morgan fingerprint density at radius 3 is 2.46 bits per heavy atom. The van der Waals surface area contributed by atoms with E-state index in [1.54, 1.807) is 6.20 Å². The summed E-state index contributed by atoms with van der Waals surface area (Å²) in [7, 11) is 0. The lowest BCUT2D eigenvalue weighted by molar-refractivity contribution is -0.115. The lowest BCUT2D eigenvalue weighted by Gasteiger charge is -2.12. The van der Waals surface area contributed by atoms with Gasteiger partial charge in [-0.2, -0.15) is 0 Å². The van der Waals surface area contributed by atoms with Crippen molar-refractivity contribution in [1.29, 1.82) is 0 Å². The first kappa shape index (κ1) is 17.1. The second kappa shape index (κ2) is 7.42. The van der Waals surface area contributed by atoms with Crippen molar-refractivity contribution in [2.75, 3.05) is 5.75 Å². The number of carbonyl (C=O) groups is 1. The average molecular weight is 423 g/mol. The summed E-state index contributed by atoms with van der Waals surface area (Å²) in [4.78, 5) is 15.6. The lowest BCUT2D eigenvalue weighted by Crippen LogP contribution is -2.13. The van der Waals surface area contributed by atoms with E-state index in [4.69, 9.17) is 17.3 Å². The topological polar surface area (TPSA) is 60.9 Å². The van der Waals surface area contributed by atoms with Gasteiger partial charge in [-0.15, -0.1) is 0 Å².